The number of nitrogens with one attached hydrogen (secondary N) is 1. The Morgan fingerprint density at radius 2 is 1.73 bits per heavy atom. The molecule has 13 nitrogen and oxygen atoms in total. The predicted octanol–water partition coefficient (Wildman–Crippen LogP) is -4.10. The molecule has 2 unspecified atom stereocenters. The summed E-state index contributed by atoms with van der Waals surface area (Å²) < 4.78 is 15.9. The van der Waals surface area contributed by atoms with E-state index in [0.29, 0.717) is 24.9 Å². The molecule has 1 aliphatic heterocycles. The van der Waals surface area contributed by atoms with Gasteiger partial charge < -0.3 is 30.9 Å². The molecule has 0 radical (unpaired) electrons. The summed E-state index contributed by atoms with van der Waals surface area (Å²) in [7, 11) is 1.32. The summed E-state index contributed by atoms with van der Waals surface area (Å²) >= 11 is 0. The molecule has 2 N–H and O–H groups in total. The maximum Gasteiger partial charge on any atom is 1.00 e. The van der Waals surface area contributed by atoms with Crippen molar-refractivity contribution in [1.82, 2.24) is 20.0 Å². The molecule has 0 aliphatic carbocycles. The number of aliphatic hydroxyl groups excluding tert-OH is 1. The Labute approximate surface area is 356 Å². The van der Waals surface area contributed by atoms with Gasteiger partial charge in [-0.25, -0.2) is 9.59 Å². The molecule has 15 heteroatoms. The van der Waals surface area contributed by atoms with E-state index in [1.807, 2.05) is 48.5 Å². The molecule has 0 spiro atoms. The number of methoxy groups -OCH3 is 1. The maximum absolute atomic E-state index is 11.6. The van der Waals surface area contributed by atoms with E-state index in [0.717, 1.165) is 28.4 Å². The number of fused-ring (bicyclic) bond motifs is 2. The number of aromatic amines is 1. The molecular weight excluding hydrogens is 778 g/mol. The van der Waals surface area contributed by atoms with E-state index in [1.54, 1.807) is 18.5 Å². The Morgan fingerprint density at radius 1 is 1.17 bits per heavy atom. The molecule has 0 saturated carbocycles. The minimum atomic E-state index is -0.524. The zero-order valence-electron chi connectivity index (χ0n) is 25.0. The van der Waals surface area contributed by atoms with Crippen LogP contribution in [0.2, 0.25) is 0 Å². The zero-order valence-corrected chi connectivity index (χ0v) is 36.6. The fraction of sp³-hybridized carbons (Fsp3) is 0.346. The SMILES string of the molecule is CC1CO1.CCOC(=O)c1n[nH]c2ccccc12.COC(=O)c1nn(CC(C)O)c2ccccc12.O=CO[O-].[Cs+].[Cs+].[H-]. The van der Waals surface area contributed by atoms with E-state index in [9.17, 15) is 14.7 Å². The van der Waals surface area contributed by atoms with E-state index in [1.165, 1.54) is 7.11 Å². The third-order valence-corrected chi connectivity index (χ3v) is 4.95. The van der Waals surface area contributed by atoms with Gasteiger partial charge in [-0.2, -0.15) is 10.2 Å². The minimum Gasteiger partial charge on any atom is -1.00 e. The number of para-hydroxylation sites is 2. The molecule has 0 amide bonds. The summed E-state index contributed by atoms with van der Waals surface area (Å²) in [6.07, 6.45) is 0.0591. The van der Waals surface area contributed by atoms with E-state index >= 15 is 0 Å². The Hall–Kier alpha value is -0.226. The van der Waals surface area contributed by atoms with Gasteiger partial charge in [-0.05, 0) is 32.9 Å². The van der Waals surface area contributed by atoms with Gasteiger partial charge in [0.1, 0.15) is 0 Å². The van der Waals surface area contributed by atoms with Crippen LogP contribution in [0, 0.1) is 0 Å². The van der Waals surface area contributed by atoms with E-state index in [-0.39, 0.29) is 157 Å². The number of aromatic nitrogens is 4. The van der Waals surface area contributed by atoms with Crippen LogP contribution in [0.3, 0.4) is 0 Å². The van der Waals surface area contributed by atoms with Crippen molar-refractivity contribution in [2.75, 3.05) is 20.3 Å². The van der Waals surface area contributed by atoms with Crippen molar-refractivity contribution in [2.45, 2.75) is 39.5 Å². The van der Waals surface area contributed by atoms with Crippen LogP contribution in [0.1, 0.15) is 43.2 Å². The number of hydrogen-bond acceptors (Lipinski definition) is 11. The largest absolute Gasteiger partial charge is 1.00 e. The molecule has 5 rings (SSSR count). The Bertz CT molecular complexity index is 1360. The van der Waals surface area contributed by atoms with Crippen LogP contribution in [-0.2, 0) is 30.4 Å². The molecule has 4 aromatic rings. The van der Waals surface area contributed by atoms with Gasteiger partial charge in [-0.3, -0.25) is 14.6 Å². The number of benzene rings is 2. The Kier molecular flexibility index (Phi) is 22.2. The summed E-state index contributed by atoms with van der Waals surface area (Å²) in [6.45, 7) is 7.01. The number of hydrogen-bond donors (Lipinski definition) is 2. The summed E-state index contributed by atoms with van der Waals surface area (Å²) in [5.41, 5.74) is 2.29. The first-order valence-corrected chi connectivity index (χ1v) is 11.9. The molecule has 2 aromatic carbocycles. The van der Waals surface area contributed by atoms with Crippen LogP contribution in [0.25, 0.3) is 21.8 Å². The van der Waals surface area contributed by atoms with Crippen LogP contribution in [0.4, 0.5) is 0 Å². The van der Waals surface area contributed by atoms with Crippen LogP contribution < -0.4 is 143 Å². The topological polar surface area (TPSA) is 181 Å². The molecule has 2 aromatic heterocycles. The second kappa shape index (κ2) is 22.3. The number of epoxide rings is 1. The van der Waals surface area contributed by atoms with Crippen molar-refractivity contribution in [3.8, 4) is 0 Å². The summed E-state index contributed by atoms with van der Waals surface area (Å²) in [5, 5.41) is 30.2. The van der Waals surface area contributed by atoms with E-state index < -0.39 is 12.1 Å². The molecule has 3 heterocycles. The summed E-state index contributed by atoms with van der Waals surface area (Å²) in [5.74, 6) is -0.851. The van der Waals surface area contributed by atoms with Gasteiger partial charge >= 0.3 is 150 Å². The van der Waals surface area contributed by atoms with Crippen molar-refractivity contribution in [3.63, 3.8) is 0 Å². The van der Waals surface area contributed by atoms with Crippen molar-refractivity contribution < 1.29 is 183 Å². The fourth-order valence-electron chi connectivity index (χ4n) is 3.18. The van der Waals surface area contributed by atoms with E-state index in [4.69, 9.17) is 19.5 Å². The van der Waals surface area contributed by atoms with Crippen LogP contribution in [-0.4, -0.2) is 76.0 Å². The second-order valence-corrected chi connectivity index (χ2v) is 8.06. The van der Waals surface area contributed by atoms with Crippen molar-refractivity contribution >= 4 is 40.2 Å². The quantitative estimate of drug-likeness (QED) is 0.0636. The number of nitrogens with zero attached hydrogens (tertiary/aromatic N) is 3. The fourth-order valence-corrected chi connectivity index (χ4v) is 3.18. The summed E-state index contributed by atoms with van der Waals surface area (Å²) in [6, 6.07) is 14.8. The molecule has 41 heavy (non-hydrogen) atoms. The first kappa shape index (κ1) is 40.8. The van der Waals surface area contributed by atoms with Crippen LogP contribution >= 0.6 is 0 Å². The van der Waals surface area contributed by atoms with Gasteiger partial charge in [0.15, 0.2) is 11.4 Å². The van der Waals surface area contributed by atoms with Gasteiger partial charge in [0, 0.05) is 10.8 Å². The normalized spacial score (nSPS) is 13.2. The first-order valence-electron chi connectivity index (χ1n) is 11.9. The molecule has 0 bridgehead atoms. The van der Waals surface area contributed by atoms with Gasteiger partial charge in [0.05, 0.1) is 50.1 Å². The number of H-pyrrole nitrogens is 1. The third-order valence-electron chi connectivity index (χ3n) is 4.95. The standard InChI is InChI=1S/C12H14N2O3.C10H10N2O2.C3H6O.CH2O3.2Cs.H/c1-8(15)7-14-10-6-4-3-5-9(10)11(13-14)12(16)17-2;1-2-14-10(13)9-7-5-3-4-6-8(7)11-12-9;1-3-2-4-3;2-1-4-3;;;/h3-6,8,15H,7H2,1-2H3;3-6H,2H2,1H3,(H,11,12);3H,2H2,1H3;1,3H;;;/q;;;;2*+1;-1/p-1. The predicted molar refractivity (Wildman–Crippen MR) is 138 cm³/mol. The number of carbonyl (C=O) groups is 3. The smallest absolute Gasteiger partial charge is 1.00 e. The average Bonchev–Trinajstić information content (AvgIpc) is 3.47. The maximum atomic E-state index is 11.6. The van der Waals surface area contributed by atoms with Crippen molar-refractivity contribution in [3.05, 3.63) is 59.9 Å². The molecule has 1 fully saturated rings. The van der Waals surface area contributed by atoms with Gasteiger partial charge in [-0.1, -0.05) is 36.4 Å². The third kappa shape index (κ3) is 14.0. The monoisotopic (exact) mass is 810 g/mol. The minimum absolute atomic E-state index is 0. The molecular formula is C26H32Cs2N4O9. The Morgan fingerprint density at radius 3 is 2.24 bits per heavy atom. The number of carbonyl (C=O) groups excluding carboxylic acids is 3. The number of aliphatic hydroxyl groups is 1. The number of ether oxygens (including phenoxy) is 3. The van der Waals surface area contributed by atoms with Gasteiger partial charge in [0.2, 0.25) is 0 Å². The van der Waals surface area contributed by atoms with Crippen molar-refractivity contribution in [2.24, 2.45) is 0 Å². The summed E-state index contributed by atoms with van der Waals surface area (Å²) in [4.78, 5) is 34.2. The number of rotatable bonds is 6. The second-order valence-electron chi connectivity index (χ2n) is 8.06. The average molecular weight is 810 g/mol. The van der Waals surface area contributed by atoms with Gasteiger partial charge in [0.25, 0.3) is 6.47 Å². The molecule has 1 saturated heterocycles. The van der Waals surface area contributed by atoms with E-state index in [2.05, 4.69) is 31.8 Å². The van der Waals surface area contributed by atoms with Crippen LogP contribution in [0.5, 0.6) is 0 Å². The van der Waals surface area contributed by atoms with Gasteiger partial charge in [-0.15, -0.1) is 0 Å². The number of esters is 2. The zero-order chi connectivity index (χ0) is 28.8. The Balaban J connectivity index is 0. The molecule has 2 atom stereocenters. The first-order chi connectivity index (χ1) is 18.8. The van der Waals surface area contributed by atoms with Crippen LogP contribution in [0.15, 0.2) is 48.5 Å². The van der Waals surface area contributed by atoms with Crippen molar-refractivity contribution in [1.29, 1.82) is 0 Å². The molecule has 212 valence electrons. The molecule has 1 aliphatic rings.